The third-order valence-electron chi connectivity index (χ3n) is 5.46. The van der Waals surface area contributed by atoms with Gasteiger partial charge in [0.15, 0.2) is 18.0 Å². The van der Waals surface area contributed by atoms with Gasteiger partial charge in [0, 0.05) is 6.42 Å². The summed E-state index contributed by atoms with van der Waals surface area (Å²) >= 11 is 0. The van der Waals surface area contributed by atoms with Gasteiger partial charge in [-0.2, -0.15) is 0 Å². The van der Waals surface area contributed by atoms with Gasteiger partial charge in [-0.15, -0.1) is 0 Å². The van der Waals surface area contributed by atoms with Crippen molar-refractivity contribution in [1.82, 2.24) is 0 Å². The summed E-state index contributed by atoms with van der Waals surface area (Å²) in [6.07, 6.45) is 8.55. The molecule has 0 spiro atoms. The van der Waals surface area contributed by atoms with Crippen molar-refractivity contribution in [3.8, 4) is 0 Å². The summed E-state index contributed by atoms with van der Waals surface area (Å²) in [7, 11) is -5.67. The number of hydrogen-bond acceptors (Lipinski definition) is 11. The number of phosphoric acid groups is 1. The summed E-state index contributed by atoms with van der Waals surface area (Å²) in [5, 5.41) is 29.6. The third-order valence-corrected chi connectivity index (χ3v) is 5.87. The number of carbonyl (C=O) groups excluding carboxylic acids is 2. The Balaban J connectivity index is 0. The number of rotatable bonds is 19. The molecule has 0 radical (unpaired) electrons. The molecule has 0 aromatic rings. The smallest absolute Gasteiger partial charge is 0.780 e. The molecule has 11 nitrogen and oxygen atoms in total. The zero-order valence-electron chi connectivity index (χ0n) is 21.7. The minimum atomic E-state index is -5.67. The normalized spacial score (nSPS) is 17.0. The fraction of sp³-hybridized carbons (Fsp3) is 0.818. The standard InChI is InChI=1S/C22H39O11P.2Na/c1-2-3-4-5-6-7-8-9-10-11-12-13-14-15-16(23)31-21(26)18(25)19-17(24)20(22(27)32-19)33-34(28,29)30;;/h18-19,21,24-26H,2-15H2,1H3,(H2,28,29,30);;/q;2*+1/p-2/t18-,19+,21?;;/m1../s1. The van der Waals surface area contributed by atoms with E-state index in [1.54, 1.807) is 0 Å². The van der Waals surface area contributed by atoms with E-state index in [0.717, 1.165) is 25.7 Å². The fourth-order valence-corrected chi connectivity index (χ4v) is 3.98. The average molecular weight is 554 g/mol. The molecule has 36 heavy (non-hydrogen) atoms. The number of carbonyl (C=O) groups is 2. The van der Waals surface area contributed by atoms with Crippen LogP contribution in [0.3, 0.4) is 0 Å². The van der Waals surface area contributed by atoms with E-state index >= 15 is 0 Å². The van der Waals surface area contributed by atoms with Crippen LogP contribution in [0, 0.1) is 0 Å². The van der Waals surface area contributed by atoms with Crippen molar-refractivity contribution in [2.24, 2.45) is 0 Å². The first-order valence-electron chi connectivity index (χ1n) is 12.0. The van der Waals surface area contributed by atoms with Crippen molar-refractivity contribution < 1.29 is 112 Å². The minimum Gasteiger partial charge on any atom is -0.780 e. The monoisotopic (exact) mass is 554 g/mol. The Hall–Kier alpha value is 0.350. The van der Waals surface area contributed by atoms with Crippen molar-refractivity contribution in [2.75, 3.05) is 0 Å². The number of ether oxygens (including phenoxy) is 2. The molecule has 0 saturated heterocycles. The molecule has 1 aliphatic rings. The van der Waals surface area contributed by atoms with Crippen LogP contribution in [0.1, 0.15) is 96.8 Å². The second-order valence-corrected chi connectivity index (χ2v) is 9.52. The molecule has 198 valence electrons. The zero-order chi connectivity index (χ0) is 25.6. The predicted octanol–water partition coefficient (Wildman–Crippen LogP) is -3.76. The summed E-state index contributed by atoms with van der Waals surface area (Å²) in [5.74, 6) is -4.86. The molecule has 1 rings (SSSR count). The van der Waals surface area contributed by atoms with Gasteiger partial charge in [-0.05, 0) is 6.42 Å². The minimum absolute atomic E-state index is 0. The number of hydrogen-bond donors (Lipinski definition) is 3. The molecule has 0 aromatic carbocycles. The second-order valence-electron chi connectivity index (χ2n) is 8.44. The van der Waals surface area contributed by atoms with E-state index in [1.165, 1.54) is 51.4 Å². The van der Waals surface area contributed by atoms with Gasteiger partial charge in [-0.3, -0.25) is 4.79 Å². The molecular weight excluding hydrogens is 517 g/mol. The predicted molar refractivity (Wildman–Crippen MR) is 117 cm³/mol. The van der Waals surface area contributed by atoms with Crippen molar-refractivity contribution in [3.05, 3.63) is 11.5 Å². The topological polar surface area (TPSA) is 186 Å². The van der Waals surface area contributed by atoms with Gasteiger partial charge in [0.25, 0.3) is 5.76 Å². The van der Waals surface area contributed by atoms with Gasteiger partial charge in [-0.1, -0.05) is 84.0 Å². The summed E-state index contributed by atoms with van der Waals surface area (Å²) in [6, 6.07) is 0. The van der Waals surface area contributed by atoms with Crippen LogP contribution in [0.2, 0.25) is 0 Å². The molecule has 1 heterocycles. The van der Waals surface area contributed by atoms with Crippen LogP contribution < -0.4 is 68.9 Å². The largest absolute Gasteiger partial charge is 1.00 e. The number of cyclic esters (lactones) is 1. The number of unbranched alkanes of at least 4 members (excludes halogenated alkanes) is 12. The number of phosphoric ester groups is 1. The summed E-state index contributed by atoms with van der Waals surface area (Å²) in [5.41, 5.74) is 0. The summed E-state index contributed by atoms with van der Waals surface area (Å²) in [4.78, 5) is 44.6. The summed E-state index contributed by atoms with van der Waals surface area (Å²) in [6.45, 7) is 2.21. The molecule has 0 saturated carbocycles. The number of esters is 2. The fourth-order valence-electron chi connectivity index (χ4n) is 3.59. The van der Waals surface area contributed by atoms with Crippen LogP contribution in [-0.4, -0.2) is 45.8 Å². The Labute approximate surface area is 257 Å². The van der Waals surface area contributed by atoms with Crippen molar-refractivity contribution in [3.63, 3.8) is 0 Å². The second kappa shape index (κ2) is 21.2. The molecule has 0 amide bonds. The maximum absolute atomic E-state index is 11.9. The first kappa shape index (κ1) is 38.5. The van der Waals surface area contributed by atoms with Crippen LogP contribution in [-0.2, 0) is 28.2 Å². The molecule has 0 aliphatic carbocycles. The molecular formula is C22H37Na2O11P. The van der Waals surface area contributed by atoms with E-state index in [9.17, 15) is 39.3 Å². The first-order chi connectivity index (χ1) is 16.1. The Morgan fingerprint density at radius 3 is 1.83 bits per heavy atom. The van der Waals surface area contributed by atoms with Gasteiger partial charge in [0.2, 0.25) is 6.29 Å². The van der Waals surface area contributed by atoms with Gasteiger partial charge in [0.1, 0.15) is 7.82 Å². The van der Waals surface area contributed by atoms with E-state index in [4.69, 9.17) is 0 Å². The maximum atomic E-state index is 11.9. The molecule has 1 unspecified atom stereocenters. The van der Waals surface area contributed by atoms with E-state index < -0.39 is 49.8 Å². The van der Waals surface area contributed by atoms with Crippen LogP contribution >= 0.6 is 7.82 Å². The van der Waals surface area contributed by atoms with Crippen molar-refractivity contribution >= 4 is 19.8 Å². The maximum Gasteiger partial charge on any atom is 1.00 e. The SMILES string of the molecule is CCCCCCCCCCCCCCCC(=O)OC(O)[C@H](O)[C@H]1OC(=O)C(OP(=O)([O-])[O-])=C1O.[Na+].[Na+]. The summed E-state index contributed by atoms with van der Waals surface area (Å²) < 4.78 is 23.6. The van der Waals surface area contributed by atoms with Gasteiger partial charge in [0.05, 0.1) is 0 Å². The molecule has 0 aromatic heterocycles. The van der Waals surface area contributed by atoms with Gasteiger partial charge in [-0.25, -0.2) is 4.79 Å². The van der Waals surface area contributed by atoms with Crippen molar-refractivity contribution in [1.29, 1.82) is 0 Å². The van der Waals surface area contributed by atoms with Crippen LogP contribution in [0.4, 0.5) is 0 Å². The Kier molecular flexibility index (Phi) is 22.7. The Morgan fingerprint density at radius 1 is 0.944 bits per heavy atom. The van der Waals surface area contributed by atoms with Crippen LogP contribution in [0.15, 0.2) is 11.5 Å². The molecule has 3 N–H and O–H groups in total. The van der Waals surface area contributed by atoms with Gasteiger partial charge < -0.3 is 43.7 Å². The number of aliphatic hydroxyl groups is 3. The molecule has 0 fully saturated rings. The molecule has 3 atom stereocenters. The van der Waals surface area contributed by atoms with Crippen molar-refractivity contribution in [2.45, 2.75) is 115 Å². The Bertz CT molecular complexity index is 714. The van der Waals surface area contributed by atoms with E-state index in [2.05, 4.69) is 20.9 Å². The molecule has 1 aliphatic heterocycles. The van der Waals surface area contributed by atoms with Crippen LogP contribution in [0.5, 0.6) is 0 Å². The molecule has 0 bridgehead atoms. The average Bonchev–Trinajstić information content (AvgIpc) is 3.03. The van der Waals surface area contributed by atoms with Crippen LogP contribution in [0.25, 0.3) is 0 Å². The quantitative estimate of drug-likeness (QED) is 0.0468. The zero-order valence-corrected chi connectivity index (χ0v) is 26.6. The van der Waals surface area contributed by atoms with E-state index in [-0.39, 0.29) is 65.5 Å². The Morgan fingerprint density at radius 2 is 1.39 bits per heavy atom. The molecule has 14 heteroatoms. The third kappa shape index (κ3) is 16.3. The van der Waals surface area contributed by atoms with Gasteiger partial charge >= 0.3 is 71.1 Å². The first-order valence-corrected chi connectivity index (χ1v) is 13.4. The van der Waals surface area contributed by atoms with E-state index in [1.807, 2.05) is 0 Å². The number of aliphatic hydroxyl groups excluding tert-OH is 3. The van der Waals surface area contributed by atoms with E-state index in [0.29, 0.717) is 6.42 Å².